The summed E-state index contributed by atoms with van der Waals surface area (Å²) in [5, 5.41) is 0. The molecule has 0 aliphatic carbocycles. The Labute approximate surface area is 69.2 Å². The zero-order valence-corrected chi connectivity index (χ0v) is 7.26. The first-order valence-electron chi connectivity index (χ1n) is 4.90. The van der Waals surface area contributed by atoms with Crippen molar-refractivity contribution in [2.24, 2.45) is 0 Å². The standard InChI is InChI=1S/C9H18N2/c1-4-10-6-2-7-11(5-1)9-3-8-10/h1-9H2. The number of hydrogen-bond donors (Lipinski definition) is 0. The lowest BCUT2D eigenvalue weighted by molar-refractivity contribution is 0.142. The van der Waals surface area contributed by atoms with Gasteiger partial charge in [-0.3, -0.25) is 0 Å². The molecule has 0 aromatic carbocycles. The topological polar surface area (TPSA) is 6.48 Å². The zero-order valence-electron chi connectivity index (χ0n) is 7.26. The van der Waals surface area contributed by atoms with Crippen LogP contribution in [0.15, 0.2) is 0 Å². The summed E-state index contributed by atoms with van der Waals surface area (Å²) in [7, 11) is 0. The smallest absolute Gasteiger partial charge is 0.000653 e. The Morgan fingerprint density at radius 1 is 0.455 bits per heavy atom. The van der Waals surface area contributed by atoms with E-state index in [1.54, 1.807) is 0 Å². The van der Waals surface area contributed by atoms with Crippen LogP contribution in [0.4, 0.5) is 0 Å². The van der Waals surface area contributed by atoms with Gasteiger partial charge in [-0.05, 0) is 58.5 Å². The number of rotatable bonds is 0. The van der Waals surface area contributed by atoms with E-state index < -0.39 is 0 Å². The molecule has 0 aromatic rings. The molecule has 3 saturated heterocycles. The first-order chi connectivity index (χ1) is 5.45. The molecule has 64 valence electrons. The van der Waals surface area contributed by atoms with Gasteiger partial charge in [0, 0.05) is 0 Å². The predicted octanol–water partition coefficient (Wildman–Crippen LogP) is 0.788. The fourth-order valence-corrected chi connectivity index (χ4v) is 2.22. The average Bonchev–Trinajstić information content (AvgIpc) is 1.80. The molecule has 11 heavy (non-hydrogen) atoms. The molecule has 3 rings (SSSR count). The third-order valence-corrected chi connectivity index (χ3v) is 2.85. The first kappa shape index (κ1) is 7.56. The van der Waals surface area contributed by atoms with Crippen molar-refractivity contribution < 1.29 is 0 Å². The van der Waals surface area contributed by atoms with Crippen molar-refractivity contribution in [1.29, 1.82) is 0 Å². The Morgan fingerprint density at radius 2 is 0.727 bits per heavy atom. The highest BCUT2D eigenvalue weighted by Gasteiger charge is 2.15. The van der Waals surface area contributed by atoms with Crippen molar-refractivity contribution in [1.82, 2.24) is 9.80 Å². The molecular formula is C9H18N2. The lowest BCUT2D eigenvalue weighted by Gasteiger charge is -2.34. The third kappa shape index (κ3) is 1.94. The summed E-state index contributed by atoms with van der Waals surface area (Å²) < 4.78 is 0. The van der Waals surface area contributed by atoms with Crippen LogP contribution < -0.4 is 0 Å². The minimum Gasteiger partial charge on any atom is -0.303 e. The Hall–Kier alpha value is -0.0800. The summed E-state index contributed by atoms with van der Waals surface area (Å²) in [6.07, 6.45) is 4.17. The quantitative estimate of drug-likeness (QED) is 0.509. The monoisotopic (exact) mass is 154 g/mol. The van der Waals surface area contributed by atoms with E-state index in [1.807, 2.05) is 0 Å². The molecule has 3 fully saturated rings. The summed E-state index contributed by atoms with van der Waals surface area (Å²) >= 11 is 0. The van der Waals surface area contributed by atoms with Crippen LogP contribution in [0.25, 0.3) is 0 Å². The van der Waals surface area contributed by atoms with Gasteiger partial charge in [0.1, 0.15) is 0 Å². The van der Waals surface area contributed by atoms with Crippen LogP contribution in [-0.4, -0.2) is 49.1 Å². The molecule has 0 aromatic heterocycles. The molecule has 3 aliphatic heterocycles. The van der Waals surface area contributed by atoms with Crippen LogP contribution >= 0.6 is 0 Å². The normalized spacial score (nSPS) is 39.3. The van der Waals surface area contributed by atoms with Crippen molar-refractivity contribution in [3.8, 4) is 0 Å². The largest absolute Gasteiger partial charge is 0.303 e. The molecule has 3 heterocycles. The fourth-order valence-electron chi connectivity index (χ4n) is 2.22. The first-order valence-corrected chi connectivity index (χ1v) is 4.90. The Balaban J connectivity index is 1.96. The number of nitrogens with zero attached hydrogens (tertiary/aromatic N) is 2. The lowest BCUT2D eigenvalue weighted by atomic mass is 10.2. The van der Waals surface area contributed by atoms with E-state index in [-0.39, 0.29) is 0 Å². The summed E-state index contributed by atoms with van der Waals surface area (Å²) in [6.45, 7) is 8.06. The minimum atomic E-state index is 1.34. The van der Waals surface area contributed by atoms with E-state index in [0.717, 1.165) is 0 Å². The maximum absolute atomic E-state index is 2.64. The second-order valence-corrected chi connectivity index (χ2v) is 3.74. The summed E-state index contributed by atoms with van der Waals surface area (Å²) in [4.78, 5) is 5.27. The molecule has 3 aliphatic rings. The molecule has 0 amide bonds. The second-order valence-electron chi connectivity index (χ2n) is 3.74. The molecule has 2 nitrogen and oxygen atoms in total. The SMILES string of the molecule is C1CN2CCCN(C1)CCC2. The van der Waals surface area contributed by atoms with Crippen LogP contribution in [0, 0.1) is 0 Å². The van der Waals surface area contributed by atoms with Gasteiger partial charge in [0.05, 0.1) is 0 Å². The van der Waals surface area contributed by atoms with Crippen LogP contribution in [0.3, 0.4) is 0 Å². The molecule has 0 N–H and O–H groups in total. The molecule has 0 saturated carbocycles. The van der Waals surface area contributed by atoms with Gasteiger partial charge in [-0.15, -0.1) is 0 Å². The third-order valence-electron chi connectivity index (χ3n) is 2.85. The van der Waals surface area contributed by atoms with Crippen LogP contribution in [0.5, 0.6) is 0 Å². The molecule has 2 bridgehead atoms. The Bertz CT molecular complexity index is 89.0. The maximum Gasteiger partial charge on any atom is -0.000653 e. The lowest BCUT2D eigenvalue weighted by Crippen LogP contribution is -2.41. The van der Waals surface area contributed by atoms with Crippen molar-refractivity contribution in [3.05, 3.63) is 0 Å². The Kier molecular flexibility index (Phi) is 2.44. The van der Waals surface area contributed by atoms with E-state index >= 15 is 0 Å². The van der Waals surface area contributed by atoms with Gasteiger partial charge in [0.2, 0.25) is 0 Å². The zero-order chi connectivity index (χ0) is 7.52. The number of hydrogen-bond acceptors (Lipinski definition) is 2. The van der Waals surface area contributed by atoms with E-state index in [9.17, 15) is 0 Å². The van der Waals surface area contributed by atoms with Gasteiger partial charge in [-0.25, -0.2) is 0 Å². The van der Waals surface area contributed by atoms with Crippen molar-refractivity contribution in [2.75, 3.05) is 39.3 Å². The highest BCUT2D eigenvalue weighted by Crippen LogP contribution is 2.09. The van der Waals surface area contributed by atoms with Crippen LogP contribution in [0.1, 0.15) is 19.3 Å². The van der Waals surface area contributed by atoms with E-state index in [2.05, 4.69) is 9.80 Å². The van der Waals surface area contributed by atoms with Gasteiger partial charge >= 0.3 is 0 Å². The van der Waals surface area contributed by atoms with Crippen LogP contribution in [0.2, 0.25) is 0 Å². The molecule has 2 heteroatoms. The van der Waals surface area contributed by atoms with Gasteiger partial charge in [0.15, 0.2) is 0 Å². The molecule has 0 unspecified atom stereocenters. The van der Waals surface area contributed by atoms with Gasteiger partial charge < -0.3 is 9.80 Å². The van der Waals surface area contributed by atoms with Crippen LogP contribution in [-0.2, 0) is 0 Å². The van der Waals surface area contributed by atoms with Gasteiger partial charge in [-0.1, -0.05) is 0 Å². The molecular weight excluding hydrogens is 136 g/mol. The maximum atomic E-state index is 2.64. The van der Waals surface area contributed by atoms with Crippen molar-refractivity contribution in [3.63, 3.8) is 0 Å². The fraction of sp³-hybridized carbons (Fsp3) is 1.00. The van der Waals surface area contributed by atoms with E-state index in [1.165, 1.54) is 58.5 Å². The van der Waals surface area contributed by atoms with Gasteiger partial charge in [-0.2, -0.15) is 0 Å². The van der Waals surface area contributed by atoms with Crippen molar-refractivity contribution in [2.45, 2.75) is 19.3 Å². The Morgan fingerprint density at radius 3 is 1.00 bits per heavy atom. The number of fused-ring (bicyclic) bond motifs is 6. The van der Waals surface area contributed by atoms with Gasteiger partial charge in [0.25, 0.3) is 0 Å². The second kappa shape index (κ2) is 3.55. The minimum absolute atomic E-state index is 1.34. The summed E-state index contributed by atoms with van der Waals surface area (Å²) in [6, 6.07) is 0. The van der Waals surface area contributed by atoms with E-state index in [0.29, 0.717) is 0 Å². The summed E-state index contributed by atoms with van der Waals surface area (Å²) in [5.74, 6) is 0. The summed E-state index contributed by atoms with van der Waals surface area (Å²) in [5.41, 5.74) is 0. The predicted molar refractivity (Wildman–Crippen MR) is 46.7 cm³/mol. The molecule has 0 atom stereocenters. The molecule has 0 spiro atoms. The van der Waals surface area contributed by atoms with Crippen molar-refractivity contribution >= 4 is 0 Å². The highest BCUT2D eigenvalue weighted by molar-refractivity contribution is 4.71. The average molecular weight is 154 g/mol. The van der Waals surface area contributed by atoms with E-state index in [4.69, 9.17) is 0 Å². The highest BCUT2D eigenvalue weighted by atomic mass is 15.2. The molecule has 0 radical (unpaired) electrons.